The molecule has 1 aromatic rings. The van der Waals surface area contributed by atoms with Gasteiger partial charge in [0.2, 0.25) is 0 Å². The molecule has 0 aromatic heterocycles. The van der Waals surface area contributed by atoms with E-state index in [9.17, 15) is 4.79 Å². The molecule has 1 aliphatic rings. The Kier molecular flexibility index (Phi) is 1.39. The molecule has 1 aliphatic heterocycles. The second-order valence-electron chi connectivity index (χ2n) is 2.59. The highest BCUT2D eigenvalue weighted by Crippen LogP contribution is 2.29. The molecule has 1 fully saturated rings. The zero-order chi connectivity index (χ0) is 7.68. The van der Waals surface area contributed by atoms with E-state index in [2.05, 4.69) is 0 Å². The molecule has 11 heavy (non-hydrogen) atoms. The summed E-state index contributed by atoms with van der Waals surface area (Å²) < 4.78 is 4.89. The van der Waals surface area contributed by atoms with E-state index in [1.54, 1.807) is 0 Å². The molecule has 1 aromatic carbocycles. The van der Waals surface area contributed by atoms with E-state index in [0.29, 0.717) is 6.42 Å². The van der Waals surface area contributed by atoms with Crippen molar-refractivity contribution in [1.29, 1.82) is 0 Å². The molecule has 1 heterocycles. The molecule has 56 valence electrons. The summed E-state index contributed by atoms with van der Waals surface area (Å²) in [4.78, 5) is 10.5. The van der Waals surface area contributed by atoms with Crippen LogP contribution >= 0.6 is 0 Å². The van der Waals surface area contributed by atoms with Gasteiger partial charge in [0.05, 0.1) is 6.42 Å². The van der Waals surface area contributed by atoms with E-state index in [4.69, 9.17) is 4.74 Å². The standard InChI is InChI=1S/C9H8O2/c10-9-6-8(11-9)7-4-2-1-3-5-7/h1-5,8H,6H2/t8-/m0/s1. The Bertz CT molecular complexity index is 258. The Morgan fingerprint density at radius 3 is 2.45 bits per heavy atom. The number of esters is 1. The average molecular weight is 148 g/mol. The SMILES string of the molecule is O=C1C[C@@H](c2ccccc2)O1. The molecular weight excluding hydrogens is 140 g/mol. The van der Waals surface area contributed by atoms with Crippen LogP contribution in [0.4, 0.5) is 0 Å². The van der Waals surface area contributed by atoms with E-state index in [1.807, 2.05) is 30.3 Å². The van der Waals surface area contributed by atoms with Gasteiger partial charge in [0.1, 0.15) is 6.10 Å². The molecule has 0 saturated carbocycles. The van der Waals surface area contributed by atoms with Gasteiger partial charge in [0, 0.05) is 0 Å². The summed E-state index contributed by atoms with van der Waals surface area (Å²) >= 11 is 0. The Morgan fingerprint density at radius 1 is 1.27 bits per heavy atom. The molecule has 1 saturated heterocycles. The monoisotopic (exact) mass is 148 g/mol. The third kappa shape index (κ3) is 1.11. The molecule has 0 unspecified atom stereocenters. The van der Waals surface area contributed by atoms with Crippen LogP contribution in [0, 0.1) is 0 Å². The van der Waals surface area contributed by atoms with Crippen molar-refractivity contribution in [2.75, 3.05) is 0 Å². The number of carbonyl (C=O) groups is 1. The van der Waals surface area contributed by atoms with Crippen LogP contribution in [0.3, 0.4) is 0 Å². The van der Waals surface area contributed by atoms with Crippen LogP contribution in [0.25, 0.3) is 0 Å². The molecule has 0 spiro atoms. The first-order chi connectivity index (χ1) is 5.36. The van der Waals surface area contributed by atoms with Gasteiger partial charge in [-0.2, -0.15) is 0 Å². The number of cyclic esters (lactones) is 1. The van der Waals surface area contributed by atoms with Gasteiger partial charge in [0.25, 0.3) is 0 Å². The van der Waals surface area contributed by atoms with Crippen LogP contribution < -0.4 is 0 Å². The maximum atomic E-state index is 10.5. The van der Waals surface area contributed by atoms with Gasteiger partial charge in [0.15, 0.2) is 0 Å². The summed E-state index contributed by atoms with van der Waals surface area (Å²) in [7, 11) is 0. The topological polar surface area (TPSA) is 26.3 Å². The van der Waals surface area contributed by atoms with Gasteiger partial charge in [-0.15, -0.1) is 0 Å². The summed E-state index contributed by atoms with van der Waals surface area (Å²) in [6.45, 7) is 0. The zero-order valence-corrected chi connectivity index (χ0v) is 5.99. The lowest BCUT2D eigenvalue weighted by molar-refractivity contribution is -0.170. The molecule has 2 nitrogen and oxygen atoms in total. The summed E-state index contributed by atoms with van der Waals surface area (Å²) in [5.74, 6) is -0.0983. The van der Waals surface area contributed by atoms with Crippen molar-refractivity contribution in [2.24, 2.45) is 0 Å². The van der Waals surface area contributed by atoms with E-state index < -0.39 is 0 Å². The fourth-order valence-electron chi connectivity index (χ4n) is 1.15. The molecule has 2 rings (SSSR count). The second-order valence-corrected chi connectivity index (χ2v) is 2.59. The molecule has 0 bridgehead atoms. The molecule has 0 amide bonds. The molecule has 0 N–H and O–H groups in total. The second kappa shape index (κ2) is 2.38. The largest absolute Gasteiger partial charge is 0.457 e. The molecule has 0 aliphatic carbocycles. The Labute approximate surface area is 64.8 Å². The van der Waals surface area contributed by atoms with Crippen molar-refractivity contribution in [3.63, 3.8) is 0 Å². The lowest BCUT2D eigenvalue weighted by Crippen LogP contribution is -2.24. The zero-order valence-electron chi connectivity index (χ0n) is 5.99. The Morgan fingerprint density at radius 2 is 1.91 bits per heavy atom. The van der Waals surface area contributed by atoms with Gasteiger partial charge in [-0.3, -0.25) is 4.79 Å². The summed E-state index contributed by atoms with van der Waals surface area (Å²) in [5.41, 5.74) is 1.09. The third-order valence-corrected chi connectivity index (χ3v) is 1.80. The van der Waals surface area contributed by atoms with Crippen LogP contribution in [0.2, 0.25) is 0 Å². The quantitative estimate of drug-likeness (QED) is 0.566. The van der Waals surface area contributed by atoms with Crippen molar-refractivity contribution in [3.05, 3.63) is 35.9 Å². The van der Waals surface area contributed by atoms with Crippen molar-refractivity contribution in [2.45, 2.75) is 12.5 Å². The van der Waals surface area contributed by atoms with Crippen molar-refractivity contribution >= 4 is 5.97 Å². The maximum absolute atomic E-state index is 10.5. The van der Waals surface area contributed by atoms with Crippen molar-refractivity contribution < 1.29 is 9.53 Å². The first-order valence-corrected chi connectivity index (χ1v) is 3.61. The van der Waals surface area contributed by atoms with Crippen LogP contribution in [-0.2, 0) is 9.53 Å². The molecule has 1 atom stereocenters. The first kappa shape index (κ1) is 6.40. The molecule has 0 radical (unpaired) electrons. The summed E-state index contributed by atoms with van der Waals surface area (Å²) in [6, 6.07) is 9.78. The van der Waals surface area contributed by atoms with Crippen LogP contribution in [-0.4, -0.2) is 5.97 Å². The van der Waals surface area contributed by atoms with E-state index in [1.165, 1.54) is 0 Å². The summed E-state index contributed by atoms with van der Waals surface area (Å²) in [5, 5.41) is 0. The minimum atomic E-state index is -0.0983. The van der Waals surface area contributed by atoms with Crippen LogP contribution in [0.5, 0.6) is 0 Å². The Balaban J connectivity index is 2.13. The van der Waals surface area contributed by atoms with E-state index in [0.717, 1.165) is 5.56 Å². The number of ether oxygens (including phenoxy) is 1. The predicted molar refractivity (Wildman–Crippen MR) is 39.9 cm³/mol. The smallest absolute Gasteiger partial charge is 0.310 e. The highest BCUT2D eigenvalue weighted by Gasteiger charge is 2.29. The maximum Gasteiger partial charge on any atom is 0.310 e. The Hall–Kier alpha value is -1.31. The van der Waals surface area contributed by atoms with Crippen molar-refractivity contribution in [3.8, 4) is 0 Å². The lowest BCUT2D eigenvalue weighted by atomic mass is 10.0. The molecule has 2 heteroatoms. The minimum Gasteiger partial charge on any atom is -0.457 e. The van der Waals surface area contributed by atoms with Gasteiger partial charge < -0.3 is 4.74 Å². The number of hydrogen-bond acceptors (Lipinski definition) is 2. The van der Waals surface area contributed by atoms with Crippen LogP contribution in [0.1, 0.15) is 18.1 Å². The fourth-order valence-corrected chi connectivity index (χ4v) is 1.15. The predicted octanol–water partition coefficient (Wildman–Crippen LogP) is 1.67. The van der Waals surface area contributed by atoms with Gasteiger partial charge in [-0.05, 0) is 5.56 Å². The number of benzene rings is 1. The number of carbonyl (C=O) groups excluding carboxylic acids is 1. The van der Waals surface area contributed by atoms with Gasteiger partial charge in [-0.25, -0.2) is 0 Å². The summed E-state index contributed by atoms with van der Waals surface area (Å²) in [6.07, 6.45) is 0.549. The molecular formula is C9H8O2. The number of hydrogen-bond donors (Lipinski definition) is 0. The lowest BCUT2D eigenvalue weighted by Gasteiger charge is -2.25. The minimum absolute atomic E-state index is 0.0173. The van der Waals surface area contributed by atoms with Gasteiger partial charge in [-0.1, -0.05) is 30.3 Å². The van der Waals surface area contributed by atoms with E-state index in [-0.39, 0.29) is 12.1 Å². The third-order valence-electron chi connectivity index (χ3n) is 1.80. The highest BCUT2D eigenvalue weighted by molar-refractivity contribution is 5.75. The first-order valence-electron chi connectivity index (χ1n) is 3.61. The van der Waals surface area contributed by atoms with E-state index >= 15 is 0 Å². The number of rotatable bonds is 1. The normalized spacial score (nSPS) is 22.2. The van der Waals surface area contributed by atoms with Gasteiger partial charge >= 0.3 is 5.97 Å². The highest BCUT2D eigenvalue weighted by atomic mass is 16.6. The fraction of sp³-hybridized carbons (Fsp3) is 0.222. The van der Waals surface area contributed by atoms with Crippen LogP contribution in [0.15, 0.2) is 30.3 Å². The average Bonchev–Trinajstić information content (AvgIpc) is 2.01. The van der Waals surface area contributed by atoms with Crippen molar-refractivity contribution in [1.82, 2.24) is 0 Å².